The molecular weight excluding hydrogens is 599 g/mol. The van der Waals surface area contributed by atoms with E-state index < -0.39 is 32.7 Å². The summed E-state index contributed by atoms with van der Waals surface area (Å²) in [6.07, 6.45) is 2.11. The van der Waals surface area contributed by atoms with Gasteiger partial charge in [0.25, 0.3) is 0 Å². The van der Waals surface area contributed by atoms with Crippen LogP contribution in [0.2, 0.25) is 0 Å². The van der Waals surface area contributed by atoms with E-state index in [4.69, 9.17) is 19.2 Å². The summed E-state index contributed by atoms with van der Waals surface area (Å²) in [4.78, 5) is 18.1. The Hall–Kier alpha value is -3.38. The quantitative estimate of drug-likeness (QED) is 0.214. The molecule has 2 aromatic carbocycles. The van der Waals surface area contributed by atoms with Crippen LogP contribution in [0.3, 0.4) is 0 Å². The topological polar surface area (TPSA) is 127 Å². The molecule has 0 saturated heterocycles. The van der Waals surface area contributed by atoms with Crippen molar-refractivity contribution in [2.75, 3.05) is 19.8 Å². The van der Waals surface area contributed by atoms with Crippen molar-refractivity contribution in [2.45, 2.75) is 82.3 Å². The molecule has 9 nitrogen and oxygen atoms in total. The van der Waals surface area contributed by atoms with Crippen LogP contribution in [0.4, 0.5) is 4.39 Å². The third kappa shape index (κ3) is 7.54. The van der Waals surface area contributed by atoms with E-state index in [0.29, 0.717) is 45.3 Å². The highest BCUT2D eigenvalue weighted by Gasteiger charge is 2.43. The van der Waals surface area contributed by atoms with Gasteiger partial charge in [0.2, 0.25) is 0 Å². The van der Waals surface area contributed by atoms with Gasteiger partial charge in [0, 0.05) is 23.1 Å². The number of nitrogens with zero attached hydrogens (tertiary/aromatic N) is 1. The zero-order valence-corrected chi connectivity index (χ0v) is 27.1. The second-order valence-corrected chi connectivity index (χ2v) is 15.1. The number of halogens is 1. The molecule has 0 spiro atoms. The Morgan fingerprint density at radius 2 is 1.84 bits per heavy atom. The minimum absolute atomic E-state index is 0.0000259. The lowest BCUT2D eigenvalue weighted by Crippen LogP contribution is -2.47. The number of hydrogen-bond acceptors (Lipinski definition) is 8. The van der Waals surface area contributed by atoms with Crippen LogP contribution in [0, 0.1) is 5.82 Å². The Balaban J connectivity index is 1.44. The number of fused-ring (bicyclic) bond motifs is 1. The summed E-state index contributed by atoms with van der Waals surface area (Å²) in [6.45, 7) is 9.15. The van der Waals surface area contributed by atoms with Crippen molar-refractivity contribution in [1.82, 2.24) is 9.71 Å². The highest BCUT2D eigenvalue weighted by molar-refractivity contribution is 7.84. The van der Waals surface area contributed by atoms with Crippen LogP contribution in [0.25, 0.3) is 11.3 Å². The molecule has 2 aliphatic rings. The predicted octanol–water partition coefficient (Wildman–Crippen LogP) is 5.33. The number of pyridine rings is 1. The number of rotatable bonds is 13. The lowest BCUT2D eigenvalue weighted by molar-refractivity contribution is 0.0396. The Bertz CT molecular complexity index is 1580. The van der Waals surface area contributed by atoms with E-state index in [2.05, 4.69) is 4.72 Å². The lowest BCUT2D eigenvalue weighted by atomic mass is 9.88. The minimum Gasteiger partial charge on any atom is -0.489 e. The van der Waals surface area contributed by atoms with Gasteiger partial charge in [-0.1, -0.05) is 0 Å². The maximum absolute atomic E-state index is 13.8. The summed E-state index contributed by atoms with van der Waals surface area (Å²) >= 11 is 0. The van der Waals surface area contributed by atoms with Gasteiger partial charge in [-0.05, 0) is 102 Å². The van der Waals surface area contributed by atoms with Crippen LogP contribution in [-0.4, -0.2) is 55.9 Å². The van der Waals surface area contributed by atoms with E-state index in [9.17, 15) is 23.6 Å². The molecule has 242 valence electrons. The highest BCUT2D eigenvalue weighted by Crippen LogP contribution is 2.45. The molecule has 3 N–H and O–H groups in total. The molecule has 1 aliphatic heterocycles. The van der Waals surface area contributed by atoms with Crippen molar-refractivity contribution in [1.29, 1.82) is 0 Å². The fraction of sp³-hybridized carbons (Fsp3) is 0.471. The number of benzene rings is 2. The van der Waals surface area contributed by atoms with Crippen LogP contribution in [0.15, 0.2) is 48.5 Å². The Morgan fingerprint density at radius 1 is 1.13 bits per heavy atom. The smallest absolute Gasteiger partial charge is 0.163 e. The number of aliphatic hydroxyl groups is 2. The van der Waals surface area contributed by atoms with Crippen molar-refractivity contribution in [2.24, 2.45) is 0 Å². The van der Waals surface area contributed by atoms with E-state index in [0.717, 1.165) is 12.8 Å². The summed E-state index contributed by atoms with van der Waals surface area (Å²) in [7, 11) is -1.43. The number of hydrogen-bond donors (Lipinski definition) is 3. The summed E-state index contributed by atoms with van der Waals surface area (Å²) in [6, 6.07) is 12.5. The number of aromatic nitrogens is 1. The van der Waals surface area contributed by atoms with E-state index in [1.54, 1.807) is 43.3 Å². The highest BCUT2D eigenvalue weighted by atomic mass is 32.2. The Morgan fingerprint density at radius 3 is 2.49 bits per heavy atom. The van der Waals surface area contributed by atoms with Crippen LogP contribution >= 0.6 is 0 Å². The van der Waals surface area contributed by atoms with Gasteiger partial charge in [0.15, 0.2) is 23.0 Å². The molecule has 3 atom stereocenters. The molecule has 45 heavy (non-hydrogen) atoms. The molecule has 3 unspecified atom stereocenters. The SMILES string of the molecule is CC(O)(CCC(=O)c1ccc(OC2CC2)c(OCCO)c1)c1cc2c(c(-c3ccc(F)cc3)n1)OCC2(C)NS(=O)C(C)(C)C. The number of nitrogens with one attached hydrogen (secondary N) is 1. The van der Waals surface area contributed by atoms with Crippen LogP contribution in [0.1, 0.15) is 81.9 Å². The zero-order chi connectivity index (χ0) is 32.6. The number of ketones is 1. The molecule has 0 amide bonds. The Kier molecular flexibility index (Phi) is 9.38. The second kappa shape index (κ2) is 12.8. The zero-order valence-electron chi connectivity index (χ0n) is 26.3. The molecule has 1 fully saturated rings. The van der Waals surface area contributed by atoms with Crippen LogP contribution in [0.5, 0.6) is 17.2 Å². The average molecular weight is 641 g/mol. The second-order valence-electron chi connectivity index (χ2n) is 13.1. The number of aliphatic hydroxyl groups excluding tert-OH is 1. The first kappa shape index (κ1) is 33.0. The molecule has 1 saturated carbocycles. The van der Waals surface area contributed by atoms with Gasteiger partial charge in [0.1, 0.15) is 30.3 Å². The van der Waals surface area contributed by atoms with Gasteiger partial charge in [-0.25, -0.2) is 18.3 Å². The lowest BCUT2D eigenvalue weighted by Gasteiger charge is -2.30. The Labute approximate surface area is 265 Å². The molecule has 0 radical (unpaired) electrons. The maximum atomic E-state index is 13.8. The largest absolute Gasteiger partial charge is 0.489 e. The average Bonchev–Trinajstić information content (AvgIpc) is 3.75. The van der Waals surface area contributed by atoms with E-state index >= 15 is 0 Å². The van der Waals surface area contributed by atoms with Crippen molar-refractivity contribution >= 4 is 16.8 Å². The summed E-state index contributed by atoms with van der Waals surface area (Å²) in [5.41, 5.74) is -0.0601. The summed E-state index contributed by atoms with van der Waals surface area (Å²) in [5, 5.41) is 21.0. The summed E-state index contributed by atoms with van der Waals surface area (Å²) < 4.78 is 47.3. The van der Waals surface area contributed by atoms with Crippen molar-refractivity contribution < 1.29 is 37.8 Å². The first-order valence-electron chi connectivity index (χ1n) is 15.1. The summed E-state index contributed by atoms with van der Waals surface area (Å²) in [5.74, 6) is 0.759. The van der Waals surface area contributed by atoms with Crippen molar-refractivity contribution in [3.05, 3.63) is 71.2 Å². The van der Waals surface area contributed by atoms with E-state index in [1.807, 2.05) is 27.7 Å². The molecule has 3 aromatic rings. The third-order valence-corrected chi connectivity index (χ3v) is 9.64. The molecule has 2 heterocycles. The van der Waals surface area contributed by atoms with Gasteiger partial charge in [0.05, 0.1) is 39.7 Å². The predicted molar refractivity (Wildman–Crippen MR) is 169 cm³/mol. The molecule has 5 rings (SSSR count). The van der Waals surface area contributed by atoms with Crippen molar-refractivity contribution in [3.8, 4) is 28.5 Å². The number of ether oxygens (including phenoxy) is 3. The molecule has 11 heteroatoms. The molecular formula is C34H41FN2O7S. The monoisotopic (exact) mass is 640 g/mol. The van der Waals surface area contributed by atoms with Gasteiger partial charge in [-0.2, -0.15) is 0 Å². The van der Waals surface area contributed by atoms with Gasteiger partial charge in [-0.3, -0.25) is 4.79 Å². The molecule has 0 bridgehead atoms. The first-order valence-corrected chi connectivity index (χ1v) is 16.3. The van der Waals surface area contributed by atoms with E-state index in [-0.39, 0.29) is 44.5 Å². The van der Waals surface area contributed by atoms with Gasteiger partial charge < -0.3 is 24.4 Å². The van der Waals surface area contributed by atoms with Gasteiger partial charge >= 0.3 is 0 Å². The molecule has 1 aliphatic carbocycles. The normalized spacial score (nSPS) is 19.7. The maximum Gasteiger partial charge on any atom is 0.163 e. The van der Waals surface area contributed by atoms with Crippen LogP contribution in [-0.2, 0) is 22.1 Å². The number of carbonyl (C=O) groups excluding carboxylic acids is 1. The first-order chi connectivity index (χ1) is 21.2. The minimum atomic E-state index is -1.54. The fourth-order valence-corrected chi connectivity index (χ4v) is 5.83. The van der Waals surface area contributed by atoms with Crippen LogP contribution < -0.4 is 18.9 Å². The number of carbonyl (C=O) groups is 1. The van der Waals surface area contributed by atoms with Gasteiger partial charge in [-0.15, -0.1) is 0 Å². The fourth-order valence-electron chi connectivity index (χ4n) is 4.95. The third-order valence-electron chi connectivity index (χ3n) is 7.89. The molecule has 1 aromatic heterocycles. The van der Waals surface area contributed by atoms with Crippen molar-refractivity contribution in [3.63, 3.8) is 0 Å². The standard InChI is InChI=1S/C34H41FN2O7S/c1-32(2,3)45(41)37-33(4)20-43-31-25(33)19-29(36-30(31)21-6-9-23(35)10-7-21)34(5,40)15-14-26(39)22-8-13-27(44-24-11-12-24)28(18-22)42-17-16-38/h6-10,13,18-19,24,37-38,40H,11-12,14-17,20H2,1-5H3. The van der Waals surface area contributed by atoms with E-state index in [1.165, 1.54) is 12.1 Å². The number of Topliss-reactive ketones (excluding diaryl/α,β-unsaturated/α-hetero) is 1.